The zero-order valence-electron chi connectivity index (χ0n) is 17.5. The van der Waals surface area contributed by atoms with Crippen LogP contribution in [0.3, 0.4) is 0 Å². The average molecular weight is 399 g/mol. The largest absolute Gasteiger partial charge is 0.306 e. The summed E-state index contributed by atoms with van der Waals surface area (Å²) in [5.74, 6) is 0.466. The van der Waals surface area contributed by atoms with Crippen molar-refractivity contribution < 1.29 is 4.79 Å². The molecule has 3 aliphatic heterocycles. The molecule has 5 nitrogen and oxygen atoms in total. The van der Waals surface area contributed by atoms with E-state index in [4.69, 9.17) is 0 Å². The van der Waals surface area contributed by atoms with Crippen LogP contribution in [0.25, 0.3) is 11.2 Å². The van der Waals surface area contributed by atoms with Crippen molar-refractivity contribution in [3.05, 3.63) is 89.7 Å². The van der Waals surface area contributed by atoms with Gasteiger partial charge in [-0.05, 0) is 86.8 Å². The molecule has 0 unspecified atom stereocenters. The number of allylic oxidation sites excluding steroid dienone is 7. The van der Waals surface area contributed by atoms with Crippen LogP contribution < -0.4 is 0 Å². The van der Waals surface area contributed by atoms with Gasteiger partial charge in [-0.25, -0.2) is 4.98 Å². The van der Waals surface area contributed by atoms with Crippen molar-refractivity contribution in [3.8, 4) is 0 Å². The Morgan fingerprint density at radius 3 is 2.73 bits per heavy atom. The molecule has 0 atom stereocenters. The number of piperidine rings is 1. The van der Waals surface area contributed by atoms with Crippen LogP contribution in [0.2, 0.25) is 0 Å². The lowest BCUT2D eigenvalue weighted by Gasteiger charge is -2.30. The van der Waals surface area contributed by atoms with Crippen LogP contribution in [0.1, 0.15) is 24.1 Å². The Morgan fingerprint density at radius 2 is 1.90 bits per heavy atom. The lowest BCUT2D eigenvalue weighted by Crippen LogP contribution is -2.31. The maximum atomic E-state index is 13.2. The summed E-state index contributed by atoms with van der Waals surface area (Å²) in [5, 5.41) is 0. The molecule has 30 heavy (non-hydrogen) atoms. The number of rotatable bonds is 2. The molecule has 1 amide bonds. The smallest absolute Gasteiger partial charge is 0.255 e. The van der Waals surface area contributed by atoms with Gasteiger partial charge in [-0.1, -0.05) is 18.2 Å². The first-order valence-electron chi connectivity index (χ1n) is 10.5. The van der Waals surface area contributed by atoms with Gasteiger partial charge in [-0.2, -0.15) is 0 Å². The summed E-state index contributed by atoms with van der Waals surface area (Å²) in [5.41, 5.74) is 6.01. The first-order chi connectivity index (χ1) is 14.6. The van der Waals surface area contributed by atoms with Crippen LogP contribution in [-0.2, 0) is 4.79 Å². The number of imidazole rings is 1. The fraction of sp³-hybridized carbons (Fsp3) is 0.280. The van der Waals surface area contributed by atoms with Gasteiger partial charge in [0.1, 0.15) is 5.65 Å². The van der Waals surface area contributed by atoms with Crippen molar-refractivity contribution in [2.75, 3.05) is 20.1 Å². The SMILES string of the molecule is Cc1cn2cc(C3=CN4C(=O)\C=C(C5CCN(C)CC5)/C=C/C=C/4C=C3)ccc2n1. The molecule has 0 aliphatic carbocycles. The summed E-state index contributed by atoms with van der Waals surface area (Å²) < 4.78 is 2.03. The highest BCUT2D eigenvalue weighted by Crippen LogP contribution is 2.30. The number of aromatic nitrogens is 2. The van der Waals surface area contributed by atoms with Crippen LogP contribution >= 0.6 is 0 Å². The molecule has 5 heterocycles. The molecular weight excluding hydrogens is 372 g/mol. The van der Waals surface area contributed by atoms with E-state index in [0.717, 1.165) is 59.7 Å². The highest BCUT2D eigenvalue weighted by Gasteiger charge is 2.23. The van der Waals surface area contributed by atoms with E-state index in [1.165, 1.54) is 0 Å². The second-order valence-electron chi connectivity index (χ2n) is 8.36. The molecule has 0 aromatic carbocycles. The highest BCUT2D eigenvalue weighted by molar-refractivity contribution is 5.94. The standard InChI is InChI=1S/C25H26N4O/c1-18-15-28-16-21(7-9-24(28)26-18)22-6-8-23-5-3-4-20(14-25(30)29(23)17-22)19-10-12-27(2)13-11-19/h3-9,14-17,19H,10-13H2,1-2H3/b4-3+,20-14+,23-5+. The van der Waals surface area contributed by atoms with E-state index in [1.807, 2.05) is 48.0 Å². The molecule has 0 radical (unpaired) electrons. The molecule has 1 saturated heterocycles. The van der Waals surface area contributed by atoms with E-state index >= 15 is 0 Å². The summed E-state index contributed by atoms with van der Waals surface area (Å²) >= 11 is 0. The average Bonchev–Trinajstić information content (AvgIpc) is 3.11. The van der Waals surface area contributed by atoms with Crippen LogP contribution in [0.5, 0.6) is 0 Å². The van der Waals surface area contributed by atoms with E-state index in [2.05, 4.69) is 47.4 Å². The van der Waals surface area contributed by atoms with E-state index in [1.54, 1.807) is 4.90 Å². The van der Waals surface area contributed by atoms with E-state index in [-0.39, 0.29) is 5.91 Å². The number of nitrogens with zero attached hydrogens (tertiary/aromatic N) is 4. The van der Waals surface area contributed by atoms with Gasteiger partial charge in [0.05, 0.1) is 5.69 Å². The quantitative estimate of drug-likeness (QED) is 0.765. The summed E-state index contributed by atoms with van der Waals surface area (Å²) in [6, 6.07) is 4.07. The van der Waals surface area contributed by atoms with Gasteiger partial charge >= 0.3 is 0 Å². The summed E-state index contributed by atoms with van der Waals surface area (Å²) in [6.07, 6.45) is 20.3. The molecule has 0 saturated carbocycles. The zero-order chi connectivity index (χ0) is 20.7. The van der Waals surface area contributed by atoms with Gasteiger partial charge in [0.15, 0.2) is 0 Å². The predicted octanol–water partition coefficient (Wildman–Crippen LogP) is 4.10. The van der Waals surface area contributed by atoms with E-state index < -0.39 is 0 Å². The van der Waals surface area contributed by atoms with Crippen LogP contribution in [-0.4, -0.2) is 45.2 Å². The normalized spacial score (nSPS) is 25.1. The molecule has 2 aromatic heterocycles. The number of carbonyl (C=O) groups is 1. The van der Waals surface area contributed by atoms with Gasteiger partial charge < -0.3 is 9.30 Å². The van der Waals surface area contributed by atoms with E-state index in [0.29, 0.717) is 5.92 Å². The van der Waals surface area contributed by atoms with Crippen molar-refractivity contribution in [2.45, 2.75) is 19.8 Å². The molecule has 1 fully saturated rings. The molecule has 5 rings (SSSR count). The Kier molecular flexibility index (Phi) is 4.75. The third-order valence-electron chi connectivity index (χ3n) is 6.16. The number of fused-ring (bicyclic) bond motifs is 2. The van der Waals surface area contributed by atoms with Gasteiger partial charge in [-0.15, -0.1) is 0 Å². The molecular formula is C25H26N4O. The minimum atomic E-state index is 0.0148. The first-order valence-corrected chi connectivity index (χ1v) is 10.5. The van der Waals surface area contributed by atoms with Crippen molar-refractivity contribution in [1.29, 1.82) is 0 Å². The van der Waals surface area contributed by atoms with Crippen molar-refractivity contribution in [2.24, 2.45) is 5.92 Å². The molecule has 0 bridgehead atoms. The Morgan fingerprint density at radius 1 is 1.07 bits per heavy atom. The summed E-state index contributed by atoms with van der Waals surface area (Å²) in [4.78, 5) is 21.8. The number of hydrogen-bond acceptors (Lipinski definition) is 3. The molecule has 0 N–H and O–H groups in total. The molecule has 0 spiro atoms. The van der Waals surface area contributed by atoms with Crippen LogP contribution in [0.15, 0.2) is 78.5 Å². The Bertz CT molecular complexity index is 1150. The first kappa shape index (κ1) is 18.8. The summed E-state index contributed by atoms with van der Waals surface area (Å²) in [7, 11) is 2.16. The topological polar surface area (TPSA) is 40.9 Å². The van der Waals surface area contributed by atoms with Crippen molar-refractivity contribution in [3.63, 3.8) is 0 Å². The molecule has 2 aromatic rings. The Hall–Kier alpha value is -3.18. The molecule has 5 heteroatoms. The lowest BCUT2D eigenvalue weighted by molar-refractivity contribution is -0.122. The second-order valence-corrected chi connectivity index (χ2v) is 8.36. The van der Waals surface area contributed by atoms with E-state index in [9.17, 15) is 4.79 Å². The third kappa shape index (κ3) is 3.57. The van der Waals surface area contributed by atoms with Gasteiger partial charge in [0, 0.05) is 30.4 Å². The monoisotopic (exact) mass is 398 g/mol. The minimum absolute atomic E-state index is 0.0148. The minimum Gasteiger partial charge on any atom is -0.306 e. The van der Waals surface area contributed by atoms with Gasteiger partial charge in [0.2, 0.25) is 0 Å². The van der Waals surface area contributed by atoms with Gasteiger partial charge in [0.25, 0.3) is 5.91 Å². The molecule has 3 aliphatic rings. The second kappa shape index (κ2) is 7.58. The van der Waals surface area contributed by atoms with Gasteiger partial charge in [-0.3, -0.25) is 9.69 Å². The van der Waals surface area contributed by atoms with Crippen molar-refractivity contribution in [1.82, 2.24) is 19.2 Å². The Labute approximate surface area is 177 Å². The maximum absolute atomic E-state index is 13.2. The third-order valence-corrected chi connectivity index (χ3v) is 6.16. The Balaban J connectivity index is 1.46. The van der Waals surface area contributed by atoms with Crippen molar-refractivity contribution >= 4 is 17.1 Å². The van der Waals surface area contributed by atoms with Crippen LogP contribution in [0, 0.1) is 12.8 Å². The number of amides is 1. The lowest BCUT2D eigenvalue weighted by atomic mass is 9.88. The maximum Gasteiger partial charge on any atom is 0.255 e. The zero-order valence-corrected chi connectivity index (χ0v) is 17.5. The number of likely N-dealkylation sites (tertiary alicyclic amines) is 1. The fourth-order valence-electron chi connectivity index (χ4n) is 4.41. The van der Waals surface area contributed by atoms with Crippen LogP contribution in [0.4, 0.5) is 0 Å². The fourth-order valence-corrected chi connectivity index (χ4v) is 4.41. The number of pyridine rings is 1. The summed E-state index contributed by atoms with van der Waals surface area (Å²) in [6.45, 7) is 4.15. The predicted molar refractivity (Wildman–Crippen MR) is 119 cm³/mol. The number of aryl methyl sites for hydroxylation is 1. The molecule has 152 valence electrons. The highest BCUT2D eigenvalue weighted by atomic mass is 16.2. The number of carbonyl (C=O) groups excluding carboxylic acids is 1. The number of hydrogen-bond donors (Lipinski definition) is 0.